The number of rotatable bonds is 4. The van der Waals surface area contributed by atoms with Crippen molar-refractivity contribution in [3.8, 4) is 0 Å². The average molecular weight is 216 g/mol. The molecule has 0 spiro atoms. The smallest absolute Gasteiger partial charge is 0.204 e. The first kappa shape index (κ1) is 10.3. The summed E-state index contributed by atoms with van der Waals surface area (Å²) in [5, 5.41) is 0.892. The second-order valence-electron chi connectivity index (χ2n) is 2.91. The Balaban J connectivity index is 2.51. The molecule has 0 aliphatic carbocycles. The minimum absolute atomic E-state index is 0.198. The van der Waals surface area contributed by atoms with Crippen LogP contribution in [0.4, 0.5) is 5.13 Å². The standard InChI is InChI=1S/C7H12N4S2/c1-5(6(8)12)3-11(2)7-9-4-10-13-7/h4-5H,3H2,1-2H3,(H2,8,12). The Morgan fingerprint density at radius 1 is 1.85 bits per heavy atom. The third-order valence-corrected chi connectivity index (χ3v) is 2.89. The van der Waals surface area contributed by atoms with E-state index in [4.69, 9.17) is 18.0 Å². The first-order valence-electron chi connectivity index (χ1n) is 3.88. The molecule has 4 nitrogen and oxygen atoms in total. The van der Waals surface area contributed by atoms with E-state index in [1.165, 1.54) is 11.5 Å². The third-order valence-electron chi connectivity index (χ3n) is 1.71. The molecular formula is C7H12N4S2. The molecule has 13 heavy (non-hydrogen) atoms. The molecule has 0 radical (unpaired) electrons. The van der Waals surface area contributed by atoms with Crippen molar-refractivity contribution in [1.82, 2.24) is 9.36 Å². The predicted molar refractivity (Wildman–Crippen MR) is 59.1 cm³/mol. The van der Waals surface area contributed by atoms with Gasteiger partial charge in [-0.3, -0.25) is 0 Å². The Hall–Kier alpha value is -0.750. The maximum absolute atomic E-state index is 5.51. The Morgan fingerprint density at radius 2 is 2.54 bits per heavy atom. The average Bonchev–Trinajstić information content (AvgIpc) is 2.55. The highest BCUT2D eigenvalue weighted by Crippen LogP contribution is 2.13. The molecule has 72 valence electrons. The maximum atomic E-state index is 5.51. The van der Waals surface area contributed by atoms with Crippen molar-refractivity contribution in [2.24, 2.45) is 11.7 Å². The van der Waals surface area contributed by atoms with Gasteiger partial charge in [-0.05, 0) is 0 Å². The van der Waals surface area contributed by atoms with Crippen LogP contribution in [0.3, 0.4) is 0 Å². The molecule has 1 atom stereocenters. The number of aromatic nitrogens is 2. The summed E-state index contributed by atoms with van der Waals surface area (Å²) in [4.78, 5) is 6.62. The highest BCUT2D eigenvalue weighted by atomic mass is 32.1. The molecule has 0 bridgehead atoms. The van der Waals surface area contributed by atoms with Crippen LogP contribution in [-0.4, -0.2) is 27.9 Å². The summed E-state index contributed by atoms with van der Waals surface area (Å²) >= 11 is 6.25. The molecule has 0 aliphatic heterocycles. The van der Waals surface area contributed by atoms with Gasteiger partial charge in [0.25, 0.3) is 0 Å². The fourth-order valence-electron chi connectivity index (χ4n) is 0.914. The zero-order valence-corrected chi connectivity index (χ0v) is 9.23. The number of nitrogens with two attached hydrogens (primary N) is 1. The van der Waals surface area contributed by atoms with Gasteiger partial charge >= 0.3 is 0 Å². The Bertz CT molecular complexity index is 272. The van der Waals surface area contributed by atoms with Crippen molar-refractivity contribution in [2.45, 2.75) is 6.92 Å². The summed E-state index contributed by atoms with van der Waals surface area (Å²) in [6, 6.07) is 0. The molecule has 0 saturated heterocycles. The molecule has 2 N–H and O–H groups in total. The van der Waals surface area contributed by atoms with Gasteiger partial charge in [-0.1, -0.05) is 19.1 Å². The van der Waals surface area contributed by atoms with Gasteiger partial charge in [0.15, 0.2) is 0 Å². The summed E-state index contributed by atoms with van der Waals surface area (Å²) in [5.74, 6) is 0.198. The lowest BCUT2D eigenvalue weighted by Gasteiger charge is -2.19. The van der Waals surface area contributed by atoms with E-state index in [-0.39, 0.29) is 5.92 Å². The molecule has 0 amide bonds. The minimum atomic E-state index is 0.198. The van der Waals surface area contributed by atoms with Crippen molar-refractivity contribution < 1.29 is 0 Å². The third kappa shape index (κ3) is 2.89. The second kappa shape index (κ2) is 4.48. The first-order valence-corrected chi connectivity index (χ1v) is 5.06. The summed E-state index contributed by atoms with van der Waals surface area (Å²) < 4.78 is 3.92. The van der Waals surface area contributed by atoms with Crippen LogP contribution in [0, 0.1) is 5.92 Å². The first-order chi connectivity index (χ1) is 6.11. The number of hydrogen-bond acceptors (Lipinski definition) is 5. The molecule has 1 unspecified atom stereocenters. The fraction of sp³-hybridized carbons (Fsp3) is 0.571. The molecule has 1 aromatic heterocycles. The van der Waals surface area contributed by atoms with Crippen LogP contribution >= 0.6 is 23.8 Å². The second-order valence-corrected chi connectivity index (χ2v) is 4.14. The highest BCUT2D eigenvalue weighted by Gasteiger charge is 2.10. The van der Waals surface area contributed by atoms with Crippen molar-refractivity contribution in [2.75, 3.05) is 18.5 Å². The SMILES string of the molecule is CC(CN(C)c1ncns1)C(N)=S. The van der Waals surface area contributed by atoms with E-state index in [9.17, 15) is 0 Å². The van der Waals surface area contributed by atoms with E-state index in [1.807, 2.05) is 18.9 Å². The number of thiocarbonyl (C=S) groups is 1. The molecule has 1 aromatic rings. The van der Waals surface area contributed by atoms with Gasteiger partial charge in [0, 0.05) is 31.0 Å². The molecule has 0 aromatic carbocycles. The number of hydrogen-bond donors (Lipinski definition) is 1. The Labute approximate surface area is 86.9 Å². The van der Waals surface area contributed by atoms with Crippen LogP contribution < -0.4 is 10.6 Å². The normalized spacial score (nSPS) is 12.5. The van der Waals surface area contributed by atoms with Crippen molar-refractivity contribution in [3.05, 3.63) is 6.33 Å². The lowest BCUT2D eigenvalue weighted by atomic mass is 10.2. The largest absolute Gasteiger partial charge is 0.393 e. The zero-order chi connectivity index (χ0) is 9.84. The Morgan fingerprint density at radius 3 is 3.00 bits per heavy atom. The van der Waals surface area contributed by atoms with Gasteiger partial charge in [0.2, 0.25) is 5.13 Å². The lowest BCUT2D eigenvalue weighted by Crippen LogP contribution is -2.31. The van der Waals surface area contributed by atoms with E-state index in [1.54, 1.807) is 6.33 Å². The summed E-state index contributed by atoms with van der Waals surface area (Å²) in [7, 11) is 1.95. The summed E-state index contributed by atoms with van der Waals surface area (Å²) in [6.45, 7) is 2.78. The molecule has 1 rings (SSSR count). The van der Waals surface area contributed by atoms with Crippen LogP contribution in [0.25, 0.3) is 0 Å². The molecule has 0 aliphatic rings. The van der Waals surface area contributed by atoms with Crippen molar-refractivity contribution >= 4 is 33.9 Å². The van der Waals surface area contributed by atoms with Gasteiger partial charge in [0.05, 0.1) is 4.99 Å². The summed E-state index contributed by atoms with van der Waals surface area (Å²) in [5.41, 5.74) is 5.51. The van der Waals surface area contributed by atoms with E-state index in [0.29, 0.717) is 4.99 Å². The van der Waals surface area contributed by atoms with Gasteiger partial charge in [0.1, 0.15) is 6.33 Å². The molecule has 6 heteroatoms. The monoisotopic (exact) mass is 216 g/mol. The van der Waals surface area contributed by atoms with Crippen LogP contribution in [0.5, 0.6) is 0 Å². The summed E-state index contributed by atoms with van der Waals surface area (Å²) in [6.07, 6.45) is 1.54. The van der Waals surface area contributed by atoms with Gasteiger partial charge < -0.3 is 10.6 Å². The van der Waals surface area contributed by atoms with Crippen LogP contribution in [-0.2, 0) is 0 Å². The molecular weight excluding hydrogens is 204 g/mol. The molecule has 0 saturated carbocycles. The van der Waals surface area contributed by atoms with E-state index in [2.05, 4.69) is 9.36 Å². The number of anilines is 1. The maximum Gasteiger partial charge on any atom is 0.204 e. The minimum Gasteiger partial charge on any atom is -0.393 e. The van der Waals surface area contributed by atoms with Gasteiger partial charge in [-0.25, -0.2) is 4.98 Å². The fourth-order valence-corrected chi connectivity index (χ4v) is 1.49. The van der Waals surface area contributed by atoms with E-state index in [0.717, 1.165) is 11.7 Å². The topological polar surface area (TPSA) is 55.0 Å². The van der Waals surface area contributed by atoms with Gasteiger partial charge in [-0.15, -0.1) is 0 Å². The van der Waals surface area contributed by atoms with Crippen LogP contribution in [0.15, 0.2) is 6.33 Å². The molecule has 0 fully saturated rings. The van der Waals surface area contributed by atoms with Crippen molar-refractivity contribution in [1.29, 1.82) is 0 Å². The zero-order valence-electron chi connectivity index (χ0n) is 7.60. The van der Waals surface area contributed by atoms with Crippen LogP contribution in [0.2, 0.25) is 0 Å². The van der Waals surface area contributed by atoms with Crippen LogP contribution in [0.1, 0.15) is 6.92 Å². The number of nitrogens with zero attached hydrogens (tertiary/aromatic N) is 3. The predicted octanol–water partition coefficient (Wildman–Crippen LogP) is 0.897. The van der Waals surface area contributed by atoms with E-state index < -0.39 is 0 Å². The van der Waals surface area contributed by atoms with E-state index >= 15 is 0 Å². The van der Waals surface area contributed by atoms with Crippen molar-refractivity contribution in [3.63, 3.8) is 0 Å². The Kier molecular flexibility index (Phi) is 3.56. The molecule has 1 heterocycles. The lowest BCUT2D eigenvalue weighted by molar-refractivity contribution is 0.740. The quantitative estimate of drug-likeness (QED) is 0.758. The van der Waals surface area contributed by atoms with Gasteiger partial charge in [-0.2, -0.15) is 4.37 Å². The highest BCUT2D eigenvalue weighted by molar-refractivity contribution is 7.80.